The van der Waals surface area contributed by atoms with Crippen LogP contribution in [0.15, 0.2) is 47.5 Å². The molecule has 0 radical (unpaired) electrons. The Morgan fingerprint density at radius 3 is 2.55 bits per heavy atom. The molecule has 0 unspecified atom stereocenters. The van der Waals surface area contributed by atoms with Gasteiger partial charge in [0.1, 0.15) is 0 Å². The van der Waals surface area contributed by atoms with Crippen LogP contribution >= 0.6 is 23.2 Å². The average Bonchev–Trinajstić information content (AvgIpc) is 2.43. The number of nitrogens with zero attached hydrogens (tertiary/aromatic N) is 1. The first kappa shape index (κ1) is 15.3. The highest BCUT2D eigenvalue weighted by Crippen LogP contribution is 2.24. The van der Waals surface area contributed by atoms with Gasteiger partial charge in [-0.25, -0.2) is 13.1 Å². The monoisotopic (exact) mass is 330 g/mol. The van der Waals surface area contributed by atoms with Crippen LogP contribution in [0.4, 0.5) is 0 Å². The zero-order valence-corrected chi connectivity index (χ0v) is 12.7. The summed E-state index contributed by atoms with van der Waals surface area (Å²) >= 11 is 11.6. The van der Waals surface area contributed by atoms with Crippen LogP contribution in [-0.4, -0.2) is 19.9 Å². The van der Waals surface area contributed by atoms with Crippen molar-refractivity contribution < 1.29 is 8.42 Å². The lowest BCUT2D eigenvalue weighted by Crippen LogP contribution is -2.26. The van der Waals surface area contributed by atoms with Crippen LogP contribution in [0.3, 0.4) is 0 Å². The number of hydrogen-bond donors (Lipinski definition) is 1. The second-order valence-corrected chi connectivity index (χ2v) is 6.63. The summed E-state index contributed by atoms with van der Waals surface area (Å²) in [7, 11) is -3.59. The molecule has 0 fully saturated rings. The van der Waals surface area contributed by atoms with Crippen molar-refractivity contribution in [2.75, 3.05) is 6.54 Å². The van der Waals surface area contributed by atoms with Crippen molar-refractivity contribution in [3.8, 4) is 0 Å². The lowest BCUT2D eigenvalue weighted by molar-refractivity contribution is 0.581. The average molecular weight is 331 g/mol. The number of halogens is 2. The van der Waals surface area contributed by atoms with Gasteiger partial charge in [-0.1, -0.05) is 29.3 Å². The molecule has 2 aromatic rings. The Hall–Kier alpha value is -1.14. The Morgan fingerprint density at radius 1 is 1.10 bits per heavy atom. The molecule has 0 saturated carbocycles. The van der Waals surface area contributed by atoms with E-state index < -0.39 is 10.0 Å². The molecule has 0 atom stereocenters. The Balaban J connectivity index is 2.02. The molecule has 1 heterocycles. The van der Waals surface area contributed by atoms with Gasteiger partial charge in [0.25, 0.3) is 0 Å². The van der Waals surface area contributed by atoms with Crippen LogP contribution in [-0.2, 0) is 16.4 Å². The lowest BCUT2D eigenvalue weighted by Gasteiger charge is -2.07. The van der Waals surface area contributed by atoms with Gasteiger partial charge in [-0.05, 0) is 30.3 Å². The maximum absolute atomic E-state index is 12.1. The Kier molecular flexibility index (Phi) is 4.99. The normalized spacial score (nSPS) is 11.5. The molecule has 0 amide bonds. The summed E-state index contributed by atoms with van der Waals surface area (Å²) in [4.78, 5) is 4.21. The number of hydrogen-bond acceptors (Lipinski definition) is 3. The minimum atomic E-state index is -3.59. The number of pyridine rings is 1. The predicted molar refractivity (Wildman–Crippen MR) is 79.6 cm³/mol. The summed E-state index contributed by atoms with van der Waals surface area (Å²) in [6.07, 6.45) is 2.18. The molecule has 1 N–H and O–H groups in total. The molecular weight excluding hydrogens is 319 g/mol. The predicted octanol–water partition coefficient (Wildman–Crippen LogP) is 2.91. The number of sulfonamides is 1. The van der Waals surface area contributed by atoms with Crippen molar-refractivity contribution in [2.45, 2.75) is 11.3 Å². The van der Waals surface area contributed by atoms with Crippen LogP contribution in [0.25, 0.3) is 0 Å². The minimum absolute atomic E-state index is 0.0907. The zero-order valence-electron chi connectivity index (χ0n) is 10.4. The fourth-order valence-corrected chi connectivity index (χ4v) is 3.01. The van der Waals surface area contributed by atoms with Crippen molar-refractivity contribution in [1.29, 1.82) is 0 Å². The van der Waals surface area contributed by atoms with Crippen molar-refractivity contribution in [2.24, 2.45) is 0 Å². The first-order valence-electron chi connectivity index (χ1n) is 5.84. The maximum Gasteiger partial charge on any atom is 0.240 e. The van der Waals surface area contributed by atoms with E-state index in [4.69, 9.17) is 23.2 Å². The van der Waals surface area contributed by atoms with E-state index in [1.54, 1.807) is 6.20 Å². The highest BCUT2D eigenvalue weighted by atomic mass is 35.5. The molecule has 7 heteroatoms. The summed E-state index contributed by atoms with van der Waals surface area (Å²) in [5.41, 5.74) is 0.823. The fourth-order valence-electron chi connectivity index (χ4n) is 1.59. The molecule has 0 aliphatic rings. The third-order valence-corrected chi connectivity index (χ3v) is 4.80. The largest absolute Gasteiger partial charge is 0.261 e. The molecule has 4 nitrogen and oxygen atoms in total. The molecule has 0 aliphatic carbocycles. The van der Waals surface area contributed by atoms with Gasteiger partial charge in [-0.15, -0.1) is 0 Å². The second-order valence-electron chi connectivity index (χ2n) is 4.04. The molecule has 0 saturated heterocycles. The van der Waals surface area contributed by atoms with Gasteiger partial charge in [-0.2, -0.15) is 0 Å². The van der Waals surface area contributed by atoms with E-state index >= 15 is 0 Å². The van der Waals surface area contributed by atoms with Gasteiger partial charge in [0.2, 0.25) is 10.0 Å². The molecule has 106 valence electrons. The molecule has 1 aromatic heterocycles. The van der Waals surface area contributed by atoms with E-state index in [1.807, 2.05) is 18.2 Å². The number of benzene rings is 1. The van der Waals surface area contributed by atoms with Gasteiger partial charge < -0.3 is 0 Å². The van der Waals surface area contributed by atoms with Gasteiger partial charge in [0, 0.05) is 24.9 Å². The molecule has 0 bridgehead atoms. The van der Waals surface area contributed by atoms with Crippen LogP contribution in [0.2, 0.25) is 10.0 Å². The van der Waals surface area contributed by atoms with Crippen molar-refractivity contribution >= 4 is 33.2 Å². The third kappa shape index (κ3) is 3.93. The number of aromatic nitrogens is 1. The zero-order chi connectivity index (χ0) is 14.6. The molecular formula is C13H12Cl2N2O2S. The number of nitrogens with one attached hydrogen (secondary N) is 1. The Morgan fingerprint density at radius 2 is 1.90 bits per heavy atom. The van der Waals surface area contributed by atoms with Crippen LogP contribution in [0.5, 0.6) is 0 Å². The van der Waals surface area contributed by atoms with E-state index in [1.165, 1.54) is 18.2 Å². The molecule has 20 heavy (non-hydrogen) atoms. The topological polar surface area (TPSA) is 59.1 Å². The van der Waals surface area contributed by atoms with Crippen molar-refractivity contribution in [3.63, 3.8) is 0 Å². The van der Waals surface area contributed by atoms with Crippen molar-refractivity contribution in [1.82, 2.24) is 9.71 Å². The van der Waals surface area contributed by atoms with E-state index in [9.17, 15) is 8.42 Å². The summed E-state index contributed by atoms with van der Waals surface area (Å²) in [5, 5.41) is 0.526. The quantitative estimate of drug-likeness (QED) is 0.916. The van der Waals surface area contributed by atoms with Crippen LogP contribution in [0.1, 0.15) is 5.69 Å². The SMILES string of the molecule is O=S(=O)(NCCc1ccccn1)c1ccc(Cl)c(Cl)c1. The van der Waals surface area contributed by atoms with Gasteiger partial charge in [-0.3, -0.25) is 4.98 Å². The first-order valence-corrected chi connectivity index (χ1v) is 8.07. The second kappa shape index (κ2) is 6.54. The van der Waals surface area contributed by atoms with Gasteiger partial charge >= 0.3 is 0 Å². The van der Waals surface area contributed by atoms with E-state index in [-0.39, 0.29) is 16.5 Å². The molecule has 0 aliphatic heterocycles. The number of rotatable bonds is 5. The summed E-state index contributed by atoms with van der Waals surface area (Å²) < 4.78 is 26.6. The summed E-state index contributed by atoms with van der Waals surface area (Å²) in [6, 6.07) is 9.70. The standard InChI is InChI=1S/C13H12Cl2N2O2S/c14-12-5-4-11(9-13(12)15)20(18,19)17-8-6-10-3-1-2-7-16-10/h1-5,7,9,17H,6,8H2. The van der Waals surface area contributed by atoms with Crippen molar-refractivity contribution in [3.05, 3.63) is 58.3 Å². The van der Waals surface area contributed by atoms with Crippen LogP contribution < -0.4 is 4.72 Å². The molecule has 0 spiro atoms. The molecule has 2 rings (SSSR count). The summed E-state index contributed by atoms with van der Waals surface area (Å²) in [5.74, 6) is 0. The van der Waals surface area contributed by atoms with Crippen LogP contribution in [0, 0.1) is 0 Å². The van der Waals surface area contributed by atoms with E-state index in [0.29, 0.717) is 11.4 Å². The molecule has 1 aromatic carbocycles. The maximum atomic E-state index is 12.1. The highest BCUT2D eigenvalue weighted by Gasteiger charge is 2.14. The van der Waals surface area contributed by atoms with Gasteiger partial charge in [0.05, 0.1) is 14.9 Å². The smallest absolute Gasteiger partial charge is 0.240 e. The van der Waals surface area contributed by atoms with E-state index in [2.05, 4.69) is 9.71 Å². The third-order valence-electron chi connectivity index (χ3n) is 2.60. The van der Waals surface area contributed by atoms with Gasteiger partial charge in [0.15, 0.2) is 0 Å². The Bertz CT molecular complexity index is 691. The van der Waals surface area contributed by atoms with E-state index in [0.717, 1.165) is 5.69 Å². The Labute approximate surface area is 127 Å². The summed E-state index contributed by atoms with van der Waals surface area (Å²) in [6.45, 7) is 0.263. The lowest BCUT2D eigenvalue weighted by atomic mass is 10.3. The minimum Gasteiger partial charge on any atom is -0.261 e. The highest BCUT2D eigenvalue weighted by molar-refractivity contribution is 7.89. The fraction of sp³-hybridized carbons (Fsp3) is 0.154. The first-order chi connectivity index (χ1) is 9.49.